The molecule has 1 N–H and O–H groups in total. The van der Waals surface area contributed by atoms with E-state index in [9.17, 15) is 9.90 Å². The Balaban J connectivity index is 1.58. The van der Waals surface area contributed by atoms with Gasteiger partial charge < -0.3 is 5.11 Å². The molecule has 2 nitrogen and oxygen atoms in total. The number of hydrogen-bond donors (Lipinski definition) is 1. The Hall–Kier alpha value is -0.370. The Morgan fingerprint density at radius 1 is 0.944 bits per heavy atom. The average Bonchev–Trinajstić information content (AvgIpc) is 3.16. The molecule has 4 bridgehead atoms. The van der Waals surface area contributed by atoms with Gasteiger partial charge in [-0.1, -0.05) is 0 Å². The van der Waals surface area contributed by atoms with Crippen LogP contribution >= 0.6 is 0 Å². The highest BCUT2D eigenvalue weighted by atomic mass is 16.3. The Labute approximate surface area is 109 Å². The van der Waals surface area contributed by atoms with Crippen LogP contribution in [0.25, 0.3) is 0 Å². The molecule has 18 heavy (non-hydrogen) atoms. The number of aliphatic hydroxyl groups excluding tert-OH is 1. The van der Waals surface area contributed by atoms with Crippen molar-refractivity contribution in [3.05, 3.63) is 0 Å². The molecule has 0 spiro atoms. The monoisotopic (exact) mass is 248 g/mol. The molecule has 4 rings (SSSR count). The van der Waals surface area contributed by atoms with Gasteiger partial charge in [0.2, 0.25) is 0 Å². The smallest absolute Gasteiger partial charge is 0.167 e. The fourth-order valence-electron chi connectivity index (χ4n) is 5.73. The summed E-state index contributed by atoms with van der Waals surface area (Å²) in [6.07, 6.45) is 10.9. The molecule has 1 unspecified atom stereocenters. The molecule has 0 saturated heterocycles. The Kier molecular flexibility index (Phi) is 2.29. The number of aliphatic hydroxyl groups is 1. The van der Waals surface area contributed by atoms with Gasteiger partial charge >= 0.3 is 0 Å². The molecule has 0 radical (unpaired) electrons. The summed E-state index contributed by atoms with van der Waals surface area (Å²) in [7, 11) is 0. The van der Waals surface area contributed by atoms with Crippen LogP contribution in [0.4, 0.5) is 0 Å². The zero-order valence-corrected chi connectivity index (χ0v) is 11.2. The van der Waals surface area contributed by atoms with Crippen molar-refractivity contribution < 1.29 is 9.90 Å². The molecule has 100 valence electrons. The predicted octanol–water partition coefficient (Wildman–Crippen LogP) is 3.08. The average molecular weight is 248 g/mol. The van der Waals surface area contributed by atoms with E-state index in [0.29, 0.717) is 0 Å². The first-order chi connectivity index (χ1) is 8.64. The third kappa shape index (κ3) is 1.36. The first-order valence-electron chi connectivity index (χ1n) is 7.86. The maximum atomic E-state index is 12.8. The minimum absolute atomic E-state index is 0.00280. The topological polar surface area (TPSA) is 37.3 Å². The summed E-state index contributed by atoms with van der Waals surface area (Å²) < 4.78 is 0. The fraction of sp³-hybridized carbons (Fsp3) is 0.938. The van der Waals surface area contributed by atoms with Gasteiger partial charge in [-0.25, -0.2) is 0 Å². The van der Waals surface area contributed by atoms with Crippen LogP contribution in [0.5, 0.6) is 0 Å². The number of Topliss-reactive ketones (excluding diaryl/α,β-unsaturated/α-hetero) is 1. The zero-order valence-electron chi connectivity index (χ0n) is 11.2. The Morgan fingerprint density at radius 3 is 1.94 bits per heavy atom. The SMILES string of the molecule is O=C(C(O)C12CCC(CC1)C2)C12CCC(CC1)C2. The van der Waals surface area contributed by atoms with Crippen molar-refractivity contribution in [2.75, 3.05) is 0 Å². The van der Waals surface area contributed by atoms with Crippen LogP contribution in [0, 0.1) is 22.7 Å². The van der Waals surface area contributed by atoms with E-state index in [1.165, 1.54) is 25.7 Å². The second kappa shape index (κ2) is 3.59. The highest BCUT2D eigenvalue weighted by Gasteiger charge is 2.58. The number of fused-ring (bicyclic) bond motifs is 4. The van der Waals surface area contributed by atoms with Crippen LogP contribution < -0.4 is 0 Å². The van der Waals surface area contributed by atoms with E-state index in [1.807, 2.05) is 0 Å². The number of rotatable bonds is 3. The van der Waals surface area contributed by atoms with E-state index in [4.69, 9.17) is 0 Å². The van der Waals surface area contributed by atoms with E-state index in [0.717, 1.165) is 50.4 Å². The van der Waals surface area contributed by atoms with Gasteiger partial charge in [-0.2, -0.15) is 0 Å². The van der Waals surface area contributed by atoms with Crippen molar-refractivity contribution in [1.82, 2.24) is 0 Å². The summed E-state index contributed by atoms with van der Waals surface area (Å²) in [6, 6.07) is 0. The molecule has 0 aromatic heterocycles. The third-order valence-electron chi connectivity index (χ3n) is 6.89. The Bertz CT molecular complexity index is 371. The molecular weight excluding hydrogens is 224 g/mol. The molecule has 4 fully saturated rings. The lowest BCUT2D eigenvalue weighted by Crippen LogP contribution is -2.45. The lowest BCUT2D eigenvalue weighted by atomic mass is 9.69. The predicted molar refractivity (Wildman–Crippen MR) is 69.0 cm³/mol. The molecule has 4 aliphatic carbocycles. The van der Waals surface area contributed by atoms with Crippen LogP contribution in [0.15, 0.2) is 0 Å². The quantitative estimate of drug-likeness (QED) is 0.833. The molecule has 0 aromatic rings. The highest BCUT2D eigenvalue weighted by Crippen LogP contribution is 2.60. The van der Waals surface area contributed by atoms with Gasteiger partial charge in [0.05, 0.1) is 0 Å². The molecule has 4 aliphatic rings. The minimum Gasteiger partial charge on any atom is -0.385 e. The van der Waals surface area contributed by atoms with Crippen molar-refractivity contribution in [3.63, 3.8) is 0 Å². The molecule has 0 amide bonds. The van der Waals surface area contributed by atoms with Gasteiger partial charge in [-0.3, -0.25) is 4.79 Å². The second-order valence-corrected chi connectivity index (χ2v) is 7.70. The lowest BCUT2D eigenvalue weighted by Gasteiger charge is -2.36. The van der Waals surface area contributed by atoms with Gasteiger partial charge in [0.25, 0.3) is 0 Å². The van der Waals surface area contributed by atoms with Crippen molar-refractivity contribution in [1.29, 1.82) is 0 Å². The van der Waals surface area contributed by atoms with Crippen LogP contribution in [-0.2, 0) is 4.79 Å². The second-order valence-electron chi connectivity index (χ2n) is 7.70. The van der Waals surface area contributed by atoms with Crippen molar-refractivity contribution in [3.8, 4) is 0 Å². The van der Waals surface area contributed by atoms with E-state index < -0.39 is 6.10 Å². The highest BCUT2D eigenvalue weighted by molar-refractivity contribution is 5.90. The van der Waals surface area contributed by atoms with Crippen LogP contribution in [0.1, 0.15) is 64.2 Å². The van der Waals surface area contributed by atoms with Crippen molar-refractivity contribution >= 4 is 5.78 Å². The number of ketones is 1. The van der Waals surface area contributed by atoms with Gasteiger partial charge in [0.15, 0.2) is 5.78 Å². The third-order valence-corrected chi connectivity index (χ3v) is 6.89. The molecule has 2 heteroatoms. The summed E-state index contributed by atoms with van der Waals surface area (Å²) in [5, 5.41) is 10.7. The van der Waals surface area contributed by atoms with Crippen molar-refractivity contribution in [2.45, 2.75) is 70.3 Å². The van der Waals surface area contributed by atoms with Crippen LogP contribution in [0.2, 0.25) is 0 Å². The van der Waals surface area contributed by atoms with Gasteiger partial charge in [0, 0.05) is 10.8 Å². The fourth-order valence-corrected chi connectivity index (χ4v) is 5.73. The summed E-state index contributed by atoms with van der Waals surface area (Å²) in [5.74, 6) is 1.84. The van der Waals surface area contributed by atoms with E-state index >= 15 is 0 Å². The number of carbonyl (C=O) groups excluding carboxylic acids is 1. The molecule has 4 saturated carbocycles. The maximum absolute atomic E-state index is 12.8. The van der Waals surface area contributed by atoms with E-state index in [2.05, 4.69) is 0 Å². The molecule has 1 atom stereocenters. The molecule has 0 heterocycles. The Morgan fingerprint density at radius 2 is 1.50 bits per heavy atom. The maximum Gasteiger partial charge on any atom is 0.167 e. The molecular formula is C16H24O2. The summed E-state index contributed by atoms with van der Waals surface area (Å²) in [5.41, 5.74) is -0.101. The summed E-state index contributed by atoms with van der Waals surface area (Å²) >= 11 is 0. The standard InChI is InChI=1S/C16H24O2/c17-13(15-5-1-11(9-15)2-6-15)14(18)16-7-3-12(10-16)4-8-16/h11-13,17H,1-10H2. The van der Waals surface area contributed by atoms with E-state index in [1.54, 1.807) is 0 Å². The largest absolute Gasteiger partial charge is 0.385 e. The van der Waals surface area contributed by atoms with Crippen LogP contribution in [-0.4, -0.2) is 17.0 Å². The van der Waals surface area contributed by atoms with Crippen molar-refractivity contribution in [2.24, 2.45) is 22.7 Å². The first kappa shape index (κ1) is 11.5. The minimum atomic E-state index is -0.637. The summed E-state index contributed by atoms with van der Waals surface area (Å²) in [4.78, 5) is 12.8. The number of hydrogen-bond acceptors (Lipinski definition) is 2. The van der Waals surface area contributed by atoms with Gasteiger partial charge in [0.1, 0.15) is 6.10 Å². The molecule has 0 aromatic carbocycles. The normalized spacial score (nSPS) is 50.9. The lowest BCUT2D eigenvalue weighted by molar-refractivity contribution is -0.144. The summed E-state index contributed by atoms with van der Waals surface area (Å²) in [6.45, 7) is 0. The van der Waals surface area contributed by atoms with Gasteiger partial charge in [-0.15, -0.1) is 0 Å². The van der Waals surface area contributed by atoms with E-state index in [-0.39, 0.29) is 16.6 Å². The zero-order chi connectivity index (χ0) is 12.4. The number of carbonyl (C=O) groups is 1. The van der Waals surface area contributed by atoms with Gasteiger partial charge in [-0.05, 0) is 76.0 Å². The molecule has 0 aliphatic heterocycles. The van der Waals surface area contributed by atoms with Crippen LogP contribution in [0.3, 0.4) is 0 Å². The first-order valence-corrected chi connectivity index (χ1v) is 7.86.